The van der Waals surface area contributed by atoms with E-state index in [-0.39, 0.29) is 30.6 Å². The molecule has 2 rings (SSSR count). The van der Waals surface area contributed by atoms with Crippen LogP contribution in [0.3, 0.4) is 0 Å². The van der Waals surface area contributed by atoms with Gasteiger partial charge in [-0.3, -0.25) is 4.79 Å². The van der Waals surface area contributed by atoms with Crippen molar-refractivity contribution in [3.05, 3.63) is 52.0 Å². The first-order chi connectivity index (χ1) is 13.2. The number of halogens is 2. The van der Waals surface area contributed by atoms with Crippen LogP contribution in [0.2, 0.25) is 5.02 Å². The number of ether oxygens (including phenoxy) is 2. The van der Waals surface area contributed by atoms with Crippen LogP contribution in [-0.4, -0.2) is 52.5 Å². The first kappa shape index (κ1) is 22.5. The Hall–Kier alpha value is -1.81. The van der Waals surface area contributed by atoms with E-state index in [1.54, 1.807) is 30.3 Å². The Labute approximate surface area is 177 Å². The highest BCUT2D eigenvalue weighted by atomic mass is 79.9. The van der Waals surface area contributed by atoms with Gasteiger partial charge in [0, 0.05) is 19.1 Å². The summed E-state index contributed by atoms with van der Waals surface area (Å²) >= 11 is 9.16. The standard InChI is InChI=1S/C18H20BrClN2O5S/c1-22(2)28(24,25)15-6-4-14(5-7-15)26-10-9-21-18(23)12-27-17-8-3-13(20)11-16(17)19/h3-8,11H,9-10,12H2,1-2H3,(H,21,23). The van der Waals surface area contributed by atoms with Crippen LogP contribution in [0, 0.1) is 0 Å². The summed E-state index contributed by atoms with van der Waals surface area (Å²) in [6, 6.07) is 11.1. The fraction of sp³-hybridized carbons (Fsp3) is 0.278. The molecule has 0 aliphatic heterocycles. The van der Waals surface area contributed by atoms with E-state index in [2.05, 4.69) is 21.2 Å². The predicted octanol–water partition coefficient (Wildman–Crippen LogP) is 2.93. The topological polar surface area (TPSA) is 84.9 Å². The van der Waals surface area contributed by atoms with Gasteiger partial charge in [0.2, 0.25) is 10.0 Å². The normalized spacial score (nSPS) is 11.3. The van der Waals surface area contributed by atoms with Crippen molar-refractivity contribution in [3.63, 3.8) is 0 Å². The third-order valence-corrected chi connectivity index (χ3v) is 6.23. The number of benzene rings is 2. The fourth-order valence-electron chi connectivity index (χ4n) is 2.06. The van der Waals surface area contributed by atoms with Crippen molar-refractivity contribution in [1.29, 1.82) is 0 Å². The molecule has 0 spiro atoms. The summed E-state index contributed by atoms with van der Waals surface area (Å²) in [6.45, 7) is 0.370. The van der Waals surface area contributed by atoms with E-state index >= 15 is 0 Å². The predicted molar refractivity (Wildman–Crippen MR) is 110 cm³/mol. The Balaban J connectivity index is 1.73. The lowest BCUT2D eigenvalue weighted by Gasteiger charge is -2.12. The molecule has 0 bridgehead atoms. The number of amides is 1. The molecule has 0 aromatic heterocycles. The van der Waals surface area contributed by atoms with Crippen molar-refractivity contribution in [1.82, 2.24) is 9.62 Å². The van der Waals surface area contributed by atoms with Gasteiger partial charge in [0.05, 0.1) is 15.9 Å². The maximum Gasteiger partial charge on any atom is 0.258 e. The quantitative estimate of drug-likeness (QED) is 0.545. The molecule has 2 aromatic rings. The van der Waals surface area contributed by atoms with Crippen molar-refractivity contribution in [2.45, 2.75) is 4.90 Å². The van der Waals surface area contributed by atoms with E-state index in [0.29, 0.717) is 21.0 Å². The average molecular weight is 492 g/mol. The molecule has 2 aromatic carbocycles. The van der Waals surface area contributed by atoms with Crippen LogP contribution in [0.5, 0.6) is 11.5 Å². The minimum atomic E-state index is -3.47. The number of carbonyl (C=O) groups is 1. The zero-order valence-electron chi connectivity index (χ0n) is 15.3. The largest absolute Gasteiger partial charge is 0.492 e. The van der Waals surface area contributed by atoms with Crippen molar-refractivity contribution < 1.29 is 22.7 Å². The molecule has 0 saturated carbocycles. The molecule has 0 radical (unpaired) electrons. The highest BCUT2D eigenvalue weighted by molar-refractivity contribution is 9.10. The molecule has 152 valence electrons. The second-order valence-electron chi connectivity index (χ2n) is 5.82. The summed E-state index contributed by atoms with van der Waals surface area (Å²) in [5.74, 6) is 0.731. The summed E-state index contributed by atoms with van der Waals surface area (Å²) in [7, 11) is -0.529. The van der Waals surface area contributed by atoms with Crippen molar-refractivity contribution in [2.75, 3.05) is 33.9 Å². The van der Waals surface area contributed by atoms with Crippen LogP contribution in [0.4, 0.5) is 0 Å². The first-order valence-corrected chi connectivity index (χ1v) is 10.8. The summed E-state index contributed by atoms with van der Waals surface area (Å²) in [6.07, 6.45) is 0. The number of hydrogen-bond acceptors (Lipinski definition) is 5. The van der Waals surface area contributed by atoms with Crippen LogP contribution in [0.1, 0.15) is 0 Å². The second kappa shape index (κ2) is 10.1. The fourth-order valence-corrected chi connectivity index (χ4v) is 3.76. The van der Waals surface area contributed by atoms with Gasteiger partial charge in [0.25, 0.3) is 5.91 Å². The molecule has 0 heterocycles. The first-order valence-electron chi connectivity index (χ1n) is 8.20. The number of sulfonamides is 1. The van der Waals surface area contributed by atoms with Gasteiger partial charge >= 0.3 is 0 Å². The minimum absolute atomic E-state index is 0.142. The molecular weight excluding hydrogens is 472 g/mol. The molecule has 1 N–H and O–H groups in total. The van der Waals surface area contributed by atoms with E-state index in [4.69, 9.17) is 21.1 Å². The monoisotopic (exact) mass is 490 g/mol. The van der Waals surface area contributed by atoms with E-state index in [9.17, 15) is 13.2 Å². The smallest absolute Gasteiger partial charge is 0.258 e. The Kier molecular flexibility index (Phi) is 8.11. The molecule has 1 amide bonds. The number of carbonyl (C=O) groups excluding carboxylic acids is 1. The molecule has 0 atom stereocenters. The number of hydrogen-bond donors (Lipinski definition) is 1. The van der Waals surface area contributed by atoms with Gasteiger partial charge in [-0.25, -0.2) is 12.7 Å². The zero-order chi connectivity index (χ0) is 20.7. The second-order valence-corrected chi connectivity index (χ2v) is 9.26. The third-order valence-electron chi connectivity index (χ3n) is 3.55. The maximum atomic E-state index is 12.0. The van der Waals surface area contributed by atoms with Crippen LogP contribution in [-0.2, 0) is 14.8 Å². The Morgan fingerprint density at radius 3 is 2.43 bits per heavy atom. The third kappa shape index (κ3) is 6.37. The van der Waals surface area contributed by atoms with Gasteiger partial charge in [-0.2, -0.15) is 0 Å². The molecule has 28 heavy (non-hydrogen) atoms. The van der Waals surface area contributed by atoms with Gasteiger partial charge in [0.1, 0.15) is 18.1 Å². The average Bonchev–Trinajstić information content (AvgIpc) is 2.65. The Morgan fingerprint density at radius 1 is 1.14 bits per heavy atom. The molecule has 0 aliphatic carbocycles. The molecule has 0 saturated heterocycles. The summed E-state index contributed by atoms with van der Waals surface area (Å²) in [5, 5.41) is 3.23. The lowest BCUT2D eigenvalue weighted by atomic mass is 10.3. The lowest BCUT2D eigenvalue weighted by Crippen LogP contribution is -2.32. The summed E-state index contributed by atoms with van der Waals surface area (Å²) in [4.78, 5) is 12.0. The molecule has 7 nitrogen and oxygen atoms in total. The molecular formula is C18H20BrClN2O5S. The van der Waals surface area contributed by atoms with Crippen LogP contribution in [0.25, 0.3) is 0 Å². The summed E-state index contributed by atoms with van der Waals surface area (Å²) < 4.78 is 36.7. The number of nitrogens with zero attached hydrogens (tertiary/aromatic N) is 1. The lowest BCUT2D eigenvalue weighted by molar-refractivity contribution is -0.123. The van der Waals surface area contributed by atoms with Crippen LogP contribution in [0.15, 0.2) is 51.8 Å². The van der Waals surface area contributed by atoms with Crippen LogP contribution < -0.4 is 14.8 Å². The molecule has 0 unspecified atom stereocenters. The minimum Gasteiger partial charge on any atom is -0.492 e. The van der Waals surface area contributed by atoms with E-state index in [1.807, 2.05) is 0 Å². The van der Waals surface area contributed by atoms with E-state index in [1.165, 1.54) is 26.2 Å². The SMILES string of the molecule is CN(C)S(=O)(=O)c1ccc(OCCNC(=O)COc2ccc(Cl)cc2Br)cc1. The highest BCUT2D eigenvalue weighted by Gasteiger charge is 2.16. The summed E-state index contributed by atoms with van der Waals surface area (Å²) in [5.41, 5.74) is 0. The van der Waals surface area contributed by atoms with E-state index < -0.39 is 10.0 Å². The van der Waals surface area contributed by atoms with E-state index in [0.717, 1.165) is 4.31 Å². The van der Waals surface area contributed by atoms with Gasteiger partial charge in [-0.15, -0.1) is 0 Å². The molecule has 10 heteroatoms. The van der Waals surface area contributed by atoms with Gasteiger partial charge in [0.15, 0.2) is 6.61 Å². The van der Waals surface area contributed by atoms with Gasteiger partial charge in [-0.1, -0.05) is 11.6 Å². The zero-order valence-corrected chi connectivity index (χ0v) is 18.5. The number of rotatable bonds is 9. The van der Waals surface area contributed by atoms with Crippen molar-refractivity contribution >= 4 is 43.5 Å². The van der Waals surface area contributed by atoms with Crippen molar-refractivity contribution in [2.24, 2.45) is 0 Å². The van der Waals surface area contributed by atoms with Gasteiger partial charge < -0.3 is 14.8 Å². The van der Waals surface area contributed by atoms with Crippen LogP contribution >= 0.6 is 27.5 Å². The number of nitrogens with one attached hydrogen (secondary N) is 1. The molecule has 0 fully saturated rings. The van der Waals surface area contributed by atoms with Gasteiger partial charge in [-0.05, 0) is 58.4 Å². The Bertz CT molecular complexity index is 920. The van der Waals surface area contributed by atoms with Crippen molar-refractivity contribution in [3.8, 4) is 11.5 Å². The maximum absolute atomic E-state index is 12.0. The molecule has 0 aliphatic rings. The Morgan fingerprint density at radius 2 is 1.82 bits per heavy atom. The highest BCUT2D eigenvalue weighted by Crippen LogP contribution is 2.27.